The van der Waals surface area contributed by atoms with Crippen LogP contribution in [0.4, 0.5) is 11.4 Å². The number of carbonyl (C=O) groups excluding carboxylic acids is 1. The number of carbonyl (C=O) groups is 1. The van der Waals surface area contributed by atoms with Crippen molar-refractivity contribution < 1.29 is 32.3 Å². The minimum Gasteiger partial charge on any atom is -0.493 e. The van der Waals surface area contributed by atoms with E-state index in [-0.39, 0.29) is 38.9 Å². The van der Waals surface area contributed by atoms with Crippen molar-refractivity contribution in [2.24, 2.45) is 0 Å². The van der Waals surface area contributed by atoms with Crippen molar-refractivity contribution >= 4 is 27.4 Å². The average molecular weight is 410 g/mol. The highest BCUT2D eigenvalue weighted by atomic mass is 32.2. The fraction of sp³-hybridized carbons (Fsp3) is 0.235. The topological polar surface area (TPSA) is 134 Å². The summed E-state index contributed by atoms with van der Waals surface area (Å²) in [6.45, 7) is 1.49. The molecule has 11 heteroatoms. The van der Waals surface area contributed by atoms with Crippen LogP contribution in [0.2, 0.25) is 0 Å². The number of methoxy groups -OCH3 is 3. The standard InChI is InChI=1S/C17H18N2O8S/c1-10-5-6-11(19(21)22)7-16(10)28(23,24)18-13-9-15(26-3)14(25-2)8-12(13)17(20)27-4/h5-9,18H,1-4H3. The molecule has 0 aliphatic carbocycles. The number of ether oxygens (including phenoxy) is 3. The maximum Gasteiger partial charge on any atom is 0.340 e. The van der Waals surface area contributed by atoms with E-state index in [4.69, 9.17) is 9.47 Å². The van der Waals surface area contributed by atoms with Gasteiger partial charge >= 0.3 is 5.97 Å². The van der Waals surface area contributed by atoms with E-state index in [2.05, 4.69) is 9.46 Å². The molecular formula is C17H18N2O8S. The van der Waals surface area contributed by atoms with Crippen molar-refractivity contribution in [1.29, 1.82) is 0 Å². The van der Waals surface area contributed by atoms with Crippen LogP contribution in [0.1, 0.15) is 15.9 Å². The summed E-state index contributed by atoms with van der Waals surface area (Å²) in [6, 6.07) is 5.99. The third-order valence-corrected chi connectivity index (χ3v) is 5.35. The van der Waals surface area contributed by atoms with Crippen LogP contribution >= 0.6 is 0 Å². The van der Waals surface area contributed by atoms with Crippen LogP contribution in [0.25, 0.3) is 0 Å². The van der Waals surface area contributed by atoms with Crippen molar-refractivity contribution in [3.05, 3.63) is 51.6 Å². The quantitative estimate of drug-likeness (QED) is 0.418. The Hall–Kier alpha value is -3.34. The average Bonchev–Trinajstić information content (AvgIpc) is 2.66. The van der Waals surface area contributed by atoms with Crippen LogP contribution in [0.15, 0.2) is 35.2 Å². The molecule has 0 spiro atoms. The van der Waals surface area contributed by atoms with E-state index in [0.717, 1.165) is 13.2 Å². The number of nitro groups is 1. The van der Waals surface area contributed by atoms with Crippen LogP contribution in [-0.4, -0.2) is 40.6 Å². The van der Waals surface area contributed by atoms with Crippen LogP contribution in [0, 0.1) is 17.0 Å². The number of hydrogen-bond acceptors (Lipinski definition) is 8. The summed E-state index contributed by atoms with van der Waals surface area (Å²) in [5.41, 5.74) is -0.341. The Morgan fingerprint density at radius 3 is 2.21 bits per heavy atom. The SMILES string of the molecule is COC(=O)c1cc(OC)c(OC)cc1NS(=O)(=O)c1cc([N+](=O)[O-])ccc1C. The van der Waals surface area contributed by atoms with Crippen LogP contribution in [0.3, 0.4) is 0 Å². The third kappa shape index (κ3) is 4.14. The van der Waals surface area contributed by atoms with Crippen LogP contribution in [0.5, 0.6) is 11.5 Å². The molecule has 2 rings (SSSR count). The molecule has 0 atom stereocenters. The predicted octanol–water partition coefficient (Wildman–Crippen LogP) is 2.51. The van der Waals surface area contributed by atoms with Crippen LogP contribution < -0.4 is 14.2 Å². The lowest BCUT2D eigenvalue weighted by molar-refractivity contribution is -0.385. The van der Waals surface area contributed by atoms with Gasteiger partial charge in [0.1, 0.15) is 0 Å². The van der Waals surface area contributed by atoms with E-state index >= 15 is 0 Å². The number of rotatable bonds is 7. The second-order valence-corrected chi connectivity index (χ2v) is 7.21. The molecule has 0 aliphatic heterocycles. The van der Waals surface area contributed by atoms with Crippen molar-refractivity contribution in [3.8, 4) is 11.5 Å². The number of benzene rings is 2. The smallest absolute Gasteiger partial charge is 0.340 e. The molecule has 0 saturated carbocycles. The van der Waals surface area contributed by atoms with Gasteiger partial charge in [-0.05, 0) is 12.5 Å². The highest BCUT2D eigenvalue weighted by Gasteiger charge is 2.25. The first-order valence-corrected chi connectivity index (χ1v) is 9.25. The molecule has 0 aromatic heterocycles. The van der Waals surface area contributed by atoms with Gasteiger partial charge in [0, 0.05) is 24.3 Å². The molecule has 10 nitrogen and oxygen atoms in total. The van der Waals surface area contributed by atoms with Gasteiger partial charge in [-0.1, -0.05) is 6.07 Å². The van der Waals surface area contributed by atoms with Crippen molar-refractivity contribution in [2.45, 2.75) is 11.8 Å². The zero-order chi connectivity index (χ0) is 21.1. The summed E-state index contributed by atoms with van der Waals surface area (Å²) >= 11 is 0. The number of nitrogens with one attached hydrogen (secondary N) is 1. The molecule has 0 aliphatic rings. The Morgan fingerprint density at radius 2 is 1.68 bits per heavy atom. The molecule has 0 saturated heterocycles. The number of sulfonamides is 1. The van der Waals surface area contributed by atoms with E-state index in [1.54, 1.807) is 0 Å². The molecule has 0 bridgehead atoms. The van der Waals surface area contributed by atoms with E-state index in [1.165, 1.54) is 45.4 Å². The Labute approximate surface area is 161 Å². The lowest BCUT2D eigenvalue weighted by atomic mass is 10.1. The molecular weight excluding hydrogens is 392 g/mol. The summed E-state index contributed by atoms with van der Waals surface area (Å²) < 4.78 is 42.9. The van der Waals surface area contributed by atoms with Gasteiger partial charge in [-0.2, -0.15) is 0 Å². The van der Waals surface area contributed by atoms with E-state index < -0.39 is 20.9 Å². The molecule has 0 heterocycles. The van der Waals surface area contributed by atoms with E-state index in [1.807, 2.05) is 0 Å². The Bertz CT molecular complexity index is 1030. The lowest BCUT2D eigenvalue weighted by Crippen LogP contribution is -2.17. The number of nitrogens with zero attached hydrogens (tertiary/aromatic N) is 1. The van der Waals surface area contributed by atoms with Gasteiger partial charge in [0.2, 0.25) is 0 Å². The molecule has 0 fully saturated rings. The van der Waals surface area contributed by atoms with Gasteiger partial charge < -0.3 is 14.2 Å². The van der Waals surface area contributed by atoms with E-state index in [0.29, 0.717) is 0 Å². The van der Waals surface area contributed by atoms with Gasteiger partial charge in [-0.3, -0.25) is 14.8 Å². The normalized spacial score (nSPS) is 10.9. The Morgan fingerprint density at radius 1 is 1.07 bits per heavy atom. The molecule has 0 amide bonds. The maximum atomic E-state index is 12.9. The minimum absolute atomic E-state index is 0.119. The molecule has 1 N–H and O–H groups in total. The zero-order valence-corrected chi connectivity index (χ0v) is 16.3. The number of nitro benzene ring substituents is 1. The first-order chi connectivity index (χ1) is 13.1. The number of esters is 1. The largest absolute Gasteiger partial charge is 0.493 e. The molecule has 0 radical (unpaired) electrons. The summed E-state index contributed by atoms with van der Waals surface area (Å²) in [5.74, 6) is -0.449. The second kappa shape index (κ2) is 8.13. The van der Waals surface area contributed by atoms with Gasteiger partial charge in [-0.25, -0.2) is 13.2 Å². The summed E-state index contributed by atoms with van der Waals surface area (Å²) in [5, 5.41) is 11.0. The zero-order valence-electron chi connectivity index (χ0n) is 15.5. The Balaban J connectivity index is 2.61. The molecule has 28 heavy (non-hydrogen) atoms. The summed E-state index contributed by atoms with van der Waals surface area (Å²) in [6.07, 6.45) is 0. The first kappa shape index (κ1) is 21.0. The Kier molecular flexibility index (Phi) is 6.09. The van der Waals surface area contributed by atoms with Crippen LogP contribution in [-0.2, 0) is 14.8 Å². The molecule has 0 unspecified atom stereocenters. The van der Waals surface area contributed by atoms with Crippen molar-refractivity contribution in [1.82, 2.24) is 0 Å². The van der Waals surface area contributed by atoms with Crippen molar-refractivity contribution in [3.63, 3.8) is 0 Å². The second-order valence-electron chi connectivity index (χ2n) is 5.56. The van der Waals surface area contributed by atoms with Gasteiger partial charge in [-0.15, -0.1) is 0 Å². The molecule has 2 aromatic rings. The number of hydrogen-bond donors (Lipinski definition) is 1. The monoisotopic (exact) mass is 410 g/mol. The fourth-order valence-corrected chi connectivity index (χ4v) is 3.77. The predicted molar refractivity (Wildman–Crippen MR) is 99.5 cm³/mol. The number of aryl methyl sites for hydroxylation is 1. The molecule has 150 valence electrons. The molecule has 2 aromatic carbocycles. The van der Waals surface area contributed by atoms with Gasteiger partial charge in [0.25, 0.3) is 15.7 Å². The lowest BCUT2D eigenvalue weighted by Gasteiger charge is -2.16. The third-order valence-electron chi connectivity index (χ3n) is 3.85. The first-order valence-electron chi connectivity index (χ1n) is 7.76. The highest BCUT2D eigenvalue weighted by molar-refractivity contribution is 7.92. The number of non-ortho nitro benzene ring substituents is 1. The summed E-state index contributed by atoms with van der Waals surface area (Å²) in [4.78, 5) is 22.1. The summed E-state index contributed by atoms with van der Waals surface area (Å²) in [7, 11) is -0.424. The fourth-order valence-electron chi connectivity index (χ4n) is 2.43. The van der Waals surface area contributed by atoms with Crippen molar-refractivity contribution in [2.75, 3.05) is 26.1 Å². The van der Waals surface area contributed by atoms with E-state index in [9.17, 15) is 23.3 Å². The minimum atomic E-state index is -4.27. The van der Waals surface area contributed by atoms with Gasteiger partial charge in [0.05, 0.1) is 42.4 Å². The number of anilines is 1. The highest BCUT2D eigenvalue weighted by Crippen LogP contribution is 2.35. The van der Waals surface area contributed by atoms with Gasteiger partial charge in [0.15, 0.2) is 11.5 Å². The maximum absolute atomic E-state index is 12.9.